The van der Waals surface area contributed by atoms with Gasteiger partial charge in [0.2, 0.25) is 0 Å². The van der Waals surface area contributed by atoms with Gasteiger partial charge in [0.15, 0.2) is 5.78 Å². The van der Waals surface area contributed by atoms with Crippen LogP contribution in [0.1, 0.15) is 30.1 Å². The first kappa shape index (κ1) is 12.5. The molecule has 0 unspecified atom stereocenters. The Hall–Kier alpha value is -1.91. The first-order chi connectivity index (χ1) is 8.70. The molecule has 0 atom stereocenters. The van der Waals surface area contributed by atoms with Gasteiger partial charge in [0.25, 0.3) is 0 Å². The number of ketones is 1. The molecule has 0 aromatic carbocycles. The summed E-state index contributed by atoms with van der Waals surface area (Å²) in [4.78, 5) is 29.0. The summed E-state index contributed by atoms with van der Waals surface area (Å²) in [5, 5.41) is 0. The van der Waals surface area contributed by atoms with Crippen LogP contribution in [-0.2, 0) is 9.53 Å². The number of ether oxygens (including phenoxy) is 1. The molecule has 0 saturated carbocycles. The number of aromatic nitrogens is 1. The van der Waals surface area contributed by atoms with Crippen molar-refractivity contribution >= 4 is 17.6 Å². The first-order valence-electron chi connectivity index (χ1n) is 6.10. The van der Waals surface area contributed by atoms with E-state index < -0.39 is 0 Å². The van der Waals surface area contributed by atoms with E-state index in [1.54, 1.807) is 19.1 Å². The zero-order valence-electron chi connectivity index (χ0n) is 10.4. The van der Waals surface area contributed by atoms with Gasteiger partial charge < -0.3 is 9.64 Å². The summed E-state index contributed by atoms with van der Waals surface area (Å²) in [5.74, 6) is 0.597. The van der Waals surface area contributed by atoms with E-state index in [9.17, 15) is 9.59 Å². The molecule has 0 amide bonds. The maximum absolute atomic E-state index is 11.5. The van der Waals surface area contributed by atoms with Crippen molar-refractivity contribution in [3.63, 3.8) is 0 Å². The molecule has 0 bridgehead atoms. The summed E-state index contributed by atoms with van der Waals surface area (Å²) >= 11 is 0. The maximum atomic E-state index is 11.5. The third-order valence-electron chi connectivity index (χ3n) is 2.83. The molecule has 1 aromatic heterocycles. The van der Waals surface area contributed by atoms with Gasteiger partial charge in [-0.3, -0.25) is 4.79 Å². The fourth-order valence-electron chi connectivity index (χ4n) is 1.94. The Kier molecular flexibility index (Phi) is 3.92. The van der Waals surface area contributed by atoms with Crippen LogP contribution in [0.4, 0.5) is 5.82 Å². The molecule has 2 heterocycles. The first-order valence-corrected chi connectivity index (χ1v) is 6.10. The van der Waals surface area contributed by atoms with Gasteiger partial charge in [0.1, 0.15) is 5.82 Å². The van der Waals surface area contributed by atoms with E-state index in [2.05, 4.69) is 4.98 Å². The van der Waals surface area contributed by atoms with Crippen molar-refractivity contribution in [1.29, 1.82) is 0 Å². The normalized spacial score (nSPS) is 15.6. The van der Waals surface area contributed by atoms with E-state index in [4.69, 9.17) is 4.74 Å². The van der Waals surface area contributed by atoms with Crippen LogP contribution < -0.4 is 4.90 Å². The Bertz CT molecular complexity index is 442. The van der Waals surface area contributed by atoms with Crippen molar-refractivity contribution in [2.45, 2.75) is 19.8 Å². The summed E-state index contributed by atoms with van der Waals surface area (Å²) in [6.07, 6.45) is 3.00. The second-order valence-corrected chi connectivity index (χ2v) is 4.19. The summed E-state index contributed by atoms with van der Waals surface area (Å²) in [6.45, 7) is 3.35. The Balaban J connectivity index is 2.07. The Morgan fingerprint density at radius 2 is 2.33 bits per heavy atom. The quantitative estimate of drug-likeness (QED) is 0.757. The van der Waals surface area contributed by atoms with Crippen LogP contribution in [0.25, 0.3) is 0 Å². The van der Waals surface area contributed by atoms with Gasteiger partial charge in [-0.25, -0.2) is 9.78 Å². The molecule has 0 radical (unpaired) electrons. The molecule has 0 aliphatic carbocycles. The minimum atomic E-state index is -0.369. The van der Waals surface area contributed by atoms with E-state index >= 15 is 0 Å². The molecule has 5 heteroatoms. The topological polar surface area (TPSA) is 59.5 Å². The van der Waals surface area contributed by atoms with Gasteiger partial charge in [-0.05, 0) is 25.5 Å². The van der Waals surface area contributed by atoms with Crippen LogP contribution in [0.3, 0.4) is 0 Å². The third kappa shape index (κ3) is 2.85. The largest absolute Gasteiger partial charge is 0.462 e. The highest BCUT2D eigenvalue weighted by Gasteiger charge is 2.18. The number of anilines is 1. The van der Waals surface area contributed by atoms with Crippen LogP contribution >= 0.6 is 0 Å². The molecule has 0 spiro atoms. The number of esters is 1. The maximum Gasteiger partial charge on any atom is 0.339 e. The van der Waals surface area contributed by atoms with Crippen molar-refractivity contribution in [3.05, 3.63) is 23.9 Å². The number of nitrogens with zero attached hydrogens (tertiary/aromatic N) is 2. The average Bonchev–Trinajstić information content (AvgIpc) is 2.39. The fourth-order valence-corrected chi connectivity index (χ4v) is 1.94. The van der Waals surface area contributed by atoms with Crippen LogP contribution in [-0.4, -0.2) is 36.4 Å². The number of pyridine rings is 1. The molecule has 2 rings (SSSR count). The molecule has 18 heavy (non-hydrogen) atoms. The summed E-state index contributed by atoms with van der Waals surface area (Å²) in [7, 11) is 0. The summed E-state index contributed by atoms with van der Waals surface area (Å²) < 4.78 is 4.88. The van der Waals surface area contributed by atoms with Crippen molar-refractivity contribution in [1.82, 2.24) is 4.98 Å². The monoisotopic (exact) mass is 248 g/mol. The van der Waals surface area contributed by atoms with Gasteiger partial charge in [-0.1, -0.05) is 0 Å². The number of carbonyl (C=O) groups excluding carboxylic acids is 2. The molecule has 1 aliphatic rings. The summed E-state index contributed by atoms with van der Waals surface area (Å²) in [5.41, 5.74) is 0.434. The standard InChI is InChI=1S/C13H16N2O3/c1-2-18-13(17)10-5-6-12(14-8-10)15-7-3-4-11(16)9-15/h5-6,8H,2-4,7,9H2,1H3. The lowest BCUT2D eigenvalue weighted by Crippen LogP contribution is -2.36. The van der Waals surface area contributed by atoms with Crippen molar-refractivity contribution in [2.24, 2.45) is 0 Å². The minimum absolute atomic E-state index is 0.234. The van der Waals surface area contributed by atoms with E-state index in [0.717, 1.165) is 18.8 Å². The Morgan fingerprint density at radius 3 is 2.94 bits per heavy atom. The fraction of sp³-hybridized carbons (Fsp3) is 0.462. The van der Waals surface area contributed by atoms with Crippen molar-refractivity contribution in [3.8, 4) is 0 Å². The molecular weight excluding hydrogens is 232 g/mol. The number of Topliss-reactive ketones (excluding diaryl/α,β-unsaturated/α-hetero) is 1. The van der Waals surface area contributed by atoms with Crippen LogP contribution in [0.5, 0.6) is 0 Å². The molecule has 1 aromatic rings. The Labute approximate surface area is 106 Å². The molecule has 96 valence electrons. The molecule has 1 fully saturated rings. The van der Waals surface area contributed by atoms with Crippen LogP contribution in [0, 0.1) is 0 Å². The molecule has 0 N–H and O–H groups in total. The highest BCUT2D eigenvalue weighted by atomic mass is 16.5. The number of rotatable bonds is 3. The zero-order valence-corrected chi connectivity index (χ0v) is 10.4. The second-order valence-electron chi connectivity index (χ2n) is 4.19. The molecule has 5 nitrogen and oxygen atoms in total. The highest BCUT2D eigenvalue weighted by Crippen LogP contribution is 2.16. The van der Waals surface area contributed by atoms with Crippen LogP contribution in [0.2, 0.25) is 0 Å². The van der Waals surface area contributed by atoms with Crippen LogP contribution in [0.15, 0.2) is 18.3 Å². The van der Waals surface area contributed by atoms with Gasteiger partial charge in [-0.15, -0.1) is 0 Å². The van der Waals surface area contributed by atoms with E-state index in [0.29, 0.717) is 25.1 Å². The third-order valence-corrected chi connectivity index (χ3v) is 2.83. The lowest BCUT2D eigenvalue weighted by atomic mass is 10.1. The highest BCUT2D eigenvalue weighted by molar-refractivity contribution is 5.89. The lowest BCUT2D eigenvalue weighted by Gasteiger charge is -2.26. The SMILES string of the molecule is CCOC(=O)c1ccc(N2CCCC(=O)C2)nc1. The van der Waals surface area contributed by atoms with Crippen molar-refractivity contribution < 1.29 is 14.3 Å². The average molecular weight is 248 g/mol. The molecule has 1 aliphatic heterocycles. The lowest BCUT2D eigenvalue weighted by molar-refractivity contribution is -0.118. The molecular formula is C13H16N2O3. The predicted molar refractivity (Wildman–Crippen MR) is 66.6 cm³/mol. The van der Waals surface area contributed by atoms with Gasteiger partial charge in [0.05, 0.1) is 18.7 Å². The van der Waals surface area contributed by atoms with Gasteiger partial charge in [0, 0.05) is 19.2 Å². The second kappa shape index (κ2) is 5.62. The van der Waals surface area contributed by atoms with Crippen molar-refractivity contribution in [2.75, 3.05) is 24.6 Å². The van der Waals surface area contributed by atoms with E-state index in [1.165, 1.54) is 6.20 Å². The number of carbonyl (C=O) groups is 2. The van der Waals surface area contributed by atoms with Gasteiger partial charge in [-0.2, -0.15) is 0 Å². The summed E-state index contributed by atoms with van der Waals surface area (Å²) in [6, 6.07) is 3.43. The number of hydrogen-bond acceptors (Lipinski definition) is 5. The van der Waals surface area contributed by atoms with Gasteiger partial charge >= 0.3 is 5.97 Å². The predicted octanol–water partition coefficient (Wildman–Crippen LogP) is 1.43. The smallest absolute Gasteiger partial charge is 0.339 e. The number of piperidine rings is 1. The van der Waals surface area contributed by atoms with E-state index in [-0.39, 0.29) is 11.8 Å². The molecule has 1 saturated heterocycles. The van der Waals surface area contributed by atoms with E-state index in [1.807, 2.05) is 4.90 Å². The Morgan fingerprint density at radius 1 is 1.50 bits per heavy atom. The zero-order chi connectivity index (χ0) is 13.0. The minimum Gasteiger partial charge on any atom is -0.462 e. The number of hydrogen-bond donors (Lipinski definition) is 0.